The number of nitrogens with one attached hydrogen (secondary N) is 1. The molecule has 0 spiro atoms. The van der Waals surface area contributed by atoms with Crippen LogP contribution in [0.15, 0.2) is 66.7 Å². The fraction of sp³-hybridized carbons (Fsp3) is 0.286. The molecule has 0 aromatic heterocycles. The molecule has 0 aliphatic rings. The van der Waals surface area contributed by atoms with Crippen molar-refractivity contribution in [2.75, 3.05) is 27.9 Å². The molecule has 1 amide bonds. The van der Waals surface area contributed by atoms with Gasteiger partial charge in [0.1, 0.15) is 11.5 Å². The van der Waals surface area contributed by atoms with Crippen LogP contribution < -0.4 is 24.3 Å². The van der Waals surface area contributed by atoms with E-state index in [1.54, 1.807) is 26.4 Å². The van der Waals surface area contributed by atoms with Crippen LogP contribution >= 0.6 is 0 Å². The molecule has 1 N–H and O–H groups in total. The summed E-state index contributed by atoms with van der Waals surface area (Å²) in [5.74, 6) is 1.22. The van der Waals surface area contributed by atoms with Crippen LogP contribution in [-0.2, 0) is 9.53 Å². The highest BCUT2D eigenvalue weighted by Crippen LogP contribution is 2.29. The monoisotopic (exact) mass is 493 g/mol. The number of carbonyl (C=O) groups is 2. The maximum Gasteiger partial charge on any atom is 0.338 e. The van der Waals surface area contributed by atoms with Crippen LogP contribution in [0.25, 0.3) is 0 Å². The lowest BCUT2D eigenvalue weighted by atomic mass is 9.98. The van der Waals surface area contributed by atoms with Gasteiger partial charge in [-0.25, -0.2) is 4.79 Å². The van der Waals surface area contributed by atoms with Crippen molar-refractivity contribution in [1.82, 2.24) is 5.32 Å². The summed E-state index contributed by atoms with van der Waals surface area (Å²) in [5, 5.41) is 2.94. The topological polar surface area (TPSA) is 92.3 Å². The molecule has 3 aromatic rings. The van der Waals surface area contributed by atoms with Crippen molar-refractivity contribution >= 4 is 11.9 Å². The van der Waals surface area contributed by atoms with Crippen LogP contribution in [0, 0.1) is 0 Å². The third-order valence-corrected chi connectivity index (χ3v) is 5.30. The van der Waals surface area contributed by atoms with E-state index in [-0.39, 0.29) is 11.7 Å². The zero-order chi connectivity index (χ0) is 26.1. The van der Waals surface area contributed by atoms with Gasteiger partial charge >= 0.3 is 5.97 Å². The van der Waals surface area contributed by atoms with Gasteiger partial charge in [0.25, 0.3) is 5.91 Å². The lowest BCUT2D eigenvalue weighted by Gasteiger charge is -2.20. The largest absolute Gasteiger partial charge is 0.497 e. The predicted octanol–water partition coefficient (Wildman–Crippen LogP) is 4.56. The van der Waals surface area contributed by atoms with Gasteiger partial charge in [0.05, 0.1) is 39.0 Å². The Morgan fingerprint density at radius 2 is 1.31 bits per heavy atom. The molecular formula is C28H31NO7. The Hall–Kier alpha value is -4.20. The molecule has 0 atom stereocenters. The minimum atomic E-state index is -0.648. The normalized spacial score (nSPS) is 10.6. The second-order valence-corrected chi connectivity index (χ2v) is 8.16. The van der Waals surface area contributed by atoms with Crippen LogP contribution in [0.3, 0.4) is 0 Å². The molecule has 36 heavy (non-hydrogen) atoms. The molecule has 0 saturated heterocycles. The van der Waals surface area contributed by atoms with Crippen molar-refractivity contribution < 1.29 is 33.3 Å². The van der Waals surface area contributed by atoms with E-state index in [0.717, 1.165) is 11.1 Å². The molecule has 0 radical (unpaired) electrons. The first kappa shape index (κ1) is 26.4. The number of rotatable bonds is 11. The van der Waals surface area contributed by atoms with Gasteiger partial charge in [-0.3, -0.25) is 4.79 Å². The fourth-order valence-electron chi connectivity index (χ4n) is 3.51. The highest BCUT2D eigenvalue weighted by molar-refractivity contribution is 5.92. The van der Waals surface area contributed by atoms with Gasteiger partial charge in [-0.2, -0.15) is 0 Å². The van der Waals surface area contributed by atoms with Gasteiger partial charge in [0.2, 0.25) is 0 Å². The van der Waals surface area contributed by atoms with E-state index in [1.165, 1.54) is 13.2 Å². The van der Waals surface area contributed by atoms with E-state index in [1.807, 2.05) is 62.4 Å². The minimum absolute atomic E-state index is 0.0512. The summed E-state index contributed by atoms with van der Waals surface area (Å²) in [6, 6.07) is 19.0. The molecule has 0 unspecified atom stereocenters. The van der Waals surface area contributed by atoms with Gasteiger partial charge in [-0.1, -0.05) is 24.3 Å². The third-order valence-electron chi connectivity index (χ3n) is 5.30. The first-order valence-corrected chi connectivity index (χ1v) is 11.4. The van der Waals surface area contributed by atoms with Crippen molar-refractivity contribution in [2.24, 2.45) is 0 Å². The number of methoxy groups -OCH3 is 3. The summed E-state index contributed by atoms with van der Waals surface area (Å²) in [6.45, 7) is 3.34. The van der Waals surface area contributed by atoms with E-state index in [4.69, 9.17) is 23.7 Å². The Labute approximate surface area is 211 Å². The quantitative estimate of drug-likeness (QED) is 0.392. The Bertz CT molecular complexity index is 1110. The number of hydrogen-bond donors (Lipinski definition) is 1. The Morgan fingerprint density at radius 1 is 0.750 bits per heavy atom. The molecule has 0 heterocycles. The highest BCUT2D eigenvalue weighted by Gasteiger charge is 2.20. The molecule has 8 heteroatoms. The first-order valence-electron chi connectivity index (χ1n) is 11.4. The summed E-state index contributed by atoms with van der Waals surface area (Å²) >= 11 is 0. The van der Waals surface area contributed by atoms with Gasteiger partial charge in [-0.05, 0) is 67.4 Å². The number of esters is 1. The van der Waals surface area contributed by atoms with Crippen molar-refractivity contribution in [2.45, 2.75) is 26.0 Å². The lowest BCUT2D eigenvalue weighted by Crippen LogP contribution is -2.33. The van der Waals surface area contributed by atoms with E-state index < -0.39 is 24.5 Å². The molecule has 0 saturated carbocycles. The van der Waals surface area contributed by atoms with Crippen molar-refractivity contribution in [1.29, 1.82) is 0 Å². The molecule has 0 bridgehead atoms. The van der Waals surface area contributed by atoms with Crippen molar-refractivity contribution in [3.8, 4) is 23.0 Å². The van der Waals surface area contributed by atoms with Crippen LogP contribution in [0.1, 0.15) is 41.4 Å². The zero-order valence-electron chi connectivity index (χ0n) is 21.1. The molecule has 190 valence electrons. The number of hydrogen-bond acceptors (Lipinski definition) is 7. The molecule has 0 fully saturated rings. The van der Waals surface area contributed by atoms with E-state index in [0.29, 0.717) is 23.0 Å². The average molecular weight is 494 g/mol. The summed E-state index contributed by atoms with van der Waals surface area (Å²) in [7, 11) is 4.67. The van der Waals surface area contributed by atoms with Crippen LogP contribution in [-0.4, -0.2) is 45.9 Å². The molecule has 0 aliphatic heterocycles. The summed E-state index contributed by atoms with van der Waals surface area (Å²) < 4.78 is 26.7. The SMILES string of the molecule is COc1ccc(C(NC(=O)COC(=O)c2ccc(OC(C)C)c(OC)c2)c2ccc(OC)cc2)cc1. The number of benzene rings is 3. The smallest absolute Gasteiger partial charge is 0.338 e. The first-order chi connectivity index (χ1) is 17.3. The molecule has 8 nitrogen and oxygen atoms in total. The van der Waals surface area contributed by atoms with Gasteiger partial charge < -0.3 is 29.0 Å². The van der Waals surface area contributed by atoms with Crippen LogP contribution in [0.4, 0.5) is 0 Å². The second-order valence-electron chi connectivity index (χ2n) is 8.16. The lowest BCUT2D eigenvalue weighted by molar-refractivity contribution is -0.124. The number of carbonyl (C=O) groups excluding carboxylic acids is 2. The number of ether oxygens (including phenoxy) is 5. The Morgan fingerprint density at radius 3 is 1.78 bits per heavy atom. The summed E-state index contributed by atoms with van der Waals surface area (Å²) in [5.41, 5.74) is 1.93. The molecule has 0 aliphatic carbocycles. The maximum atomic E-state index is 12.8. The van der Waals surface area contributed by atoms with Gasteiger partial charge in [-0.15, -0.1) is 0 Å². The Balaban J connectivity index is 1.71. The highest BCUT2D eigenvalue weighted by atomic mass is 16.5. The van der Waals surface area contributed by atoms with Gasteiger partial charge in [0, 0.05) is 0 Å². The predicted molar refractivity (Wildman–Crippen MR) is 135 cm³/mol. The van der Waals surface area contributed by atoms with Crippen molar-refractivity contribution in [3.63, 3.8) is 0 Å². The van der Waals surface area contributed by atoms with E-state index >= 15 is 0 Å². The molecule has 3 rings (SSSR count). The van der Waals surface area contributed by atoms with E-state index in [9.17, 15) is 9.59 Å². The second kappa shape index (κ2) is 12.5. The Kier molecular flexibility index (Phi) is 9.16. The van der Waals surface area contributed by atoms with Crippen LogP contribution in [0.2, 0.25) is 0 Å². The molecular weight excluding hydrogens is 462 g/mol. The van der Waals surface area contributed by atoms with Crippen molar-refractivity contribution in [3.05, 3.63) is 83.4 Å². The van der Waals surface area contributed by atoms with E-state index in [2.05, 4.69) is 5.32 Å². The number of amides is 1. The van der Waals surface area contributed by atoms with Gasteiger partial charge in [0.15, 0.2) is 18.1 Å². The summed E-state index contributed by atoms with van der Waals surface area (Å²) in [6.07, 6.45) is -0.0512. The standard InChI is InChI=1S/C28H31NO7/c1-18(2)36-24-15-10-21(16-25(24)34-5)28(31)35-17-26(30)29-27(19-6-11-22(32-3)12-7-19)20-8-13-23(33-4)14-9-20/h6-16,18,27H,17H2,1-5H3,(H,29,30). The average Bonchev–Trinajstić information content (AvgIpc) is 2.90. The maximum absolute atomic E-state index is 12.8. The fourth-order valence-corrected chi connectivity index (χ4v) is 3.51. The minimum Gasteiger partial charge on any atom is -0.497 e. The summed E-state index contributed by atoms with van der Waals surface area (Å²) in [4.78, 5) is 25.4. The third kappa shape index (κ3) is 6.91. The zero-order valence-corrected chi connectivity index (χ0v) is 21.1. The molecule has 3 aromatic carbocycles. The van der Waals surface area contributed by atoms with Crippen LogP contribution in [0.5, 0.6) is 23.0 Å².